The van der Waals surface area contributed by atoms with E-state index in [-0.39, 0.29) is 0 Å². The monoisotopic (exact) mass is 289 g/mol. The van der Waals surface area contributed by atoms with Crippen LogP contribution in [0.3, 0.4) is 0 Å². The lowest BCUT2D eigenvalue weighted by molar-refractivity contribution is 0.208. The Morgan fingerprint density at radius 3 is 1.95 bits per heavy atom. The lowest BCUT2D eigenvalue weighted by Crippen LogP contribution is -2.31. The summed E-state index contributed by atoms with van der Waals surface area (Å²) in [6.45, 7) is 9.24. The van der Waals surface area contributed by atoms with Crippen molar-refractivity contribution in [2.45, 2.75) is 84.7 Å². The Kier molecular flexibility index (Phi) is 10.2. The first-order chi connectivity index (χ1) is 10.2. The van der Waals surface area contributed by atoms with Crippen LogP contribution in [0.1, 0.15) is 77.7 Å². The predicted molar refractivity (Wildman–Crippen MR) is 94.6 cm³/mol. The molecule has 1 nitrogen and oxygen atoms in total. The zero-order valence-corrected chi connectivity index (χ0v) is 14.5. The van der Waals surface area contributed by atoms with E-state index in [0.717, 1.165) is 6.54 Å². The normalized spacial score (nSPS) is 11.5. The molecule has 0 N–H and O–H groups in total. The molecule has 0 aliphatic carbocycles. The van der Waals surface area contributed by atoms with Crippen molar-refractivity contribution in [3.8, 4) is 0 Å². The van der Waals surface area contributed by atoms with Crippen LogP contribution >= 0.6 is 0 Å². The van der Waals surface area contributed by atoms with Crippen LogP contribution < -0.4 is 0 Å². The molecule has 0 radical (unpaired) electrons. The van der Waals surface area contributed by atoms with Crippen molar-refractivity contribution in [1.29, 1.82) is 0 Å². The quantitative estimate of drug-likeness (QED) is 0.424. The van der Waals surface area contributed by atoms with Crippen LogP contribution in [0.15, 0.2) is 30.3 Å². The fourth-order valence-corrected chi connectivity index (χ4v) is 2.79. The van der Waals surface area contributed by atoms with Gasteiger partial charge in [0.25, 0.3) is 0 Å². The van der Waals surface area contributed by atoms with Gasteiger partial charge in [-0.05, 0) is 32.4 Å². The average molecular weight is 290 g/mol. The molecule has 0 amide bonds. The minimum absolute atomic E-state index is 0.634. The number of unbranched alkanes of at least 4 members (excludes halogenated alkanes) is 7. The van der Waals surface area contributed by atoms with E-state index in [0.29, 0.717) is 6.04 Å². The molecule has 0 aliphatic heterocycles. The van der Waals surface area contributed by atoms with Gasteiger partial charge in [-0.2, -0.15) is 0 Å². The Bertz CT molecular complexity index is 331. The van der Waals surface area contributed by atoms with Crippen molar-refractivity contribution in [3.63, 3.8) is 0 Å². The zero-order chi connectivity index (χ0) is 15.3. The summed E-state index contributed by atoms with van der Waals surface area (Å²) in [4.78, 5) is 2.60. The summed E-state index contributed by atoms with van der Waals surface area (Å²) in [6.07, 6.45) is 11.2. The molecule has 1 rings (SSSR count). The van der Waals surface area contributed by atoms with Gasteiger partial charge in [-0.1, -0.05) is 82.2 Å². The number of rotatable bonds is 12. The summed E-state index contributed by atoms with van der Waals surface area (Å²) in [5.41, 5.74) is 1.44. The zero-order valence-electron chi connectivity index (χ0n) is 14.5. The molecule has 1 aromatic carbocycles. The van der Waals surface area contributed by atoms with Crippen molar-refractivity contribution >= 4 is 0 Å². The molecule has 0 unspecified atom stereocenters. The van der Waals surface area contributed by atoms with Crippen molar-refractivity contribution in [2.24, 2.45) is 0 Å². The van der Waals surface area contributed by atoms with Gasteiger partial charge in [-0.25, -0.2) is 0 Å². The van der Waals surface area contributed by atoms with Gasteiger partial charge in [0, 0.05) is 12.6 Å². The van der Waals surface area contributed by atoms with Gasteiger partial charge in [0.15, 0.2) is 0 Å². The first-order valence-electron chi connectivity index (χ1n) is 9.02. The third-order valence-electron chi connectivity index (χ3n) is 4.26. The molecule has 0 fully saturated rings. The van der Waals surface area contributed by atoms with Crippen LogP contribution in [0, 0.1) is 0 Å². The molecule has 1 aromatic rings. The summed E-state index contributed by atoms with van der Waals surface area (Å²) in [5, 5.41) is 0. The fraction of sp³-hybridized carbons (Fsp3) is 0.700. The third-order valence-corrected chi connectivity index (χ3v) is 4.26. The van der Waals surface area contributed by atoms with Crippen molar-refractivity contribution in [2.75, 3.05) is 6.54 Å². The molecule has 0 atom stereocenters. The van der Waals surface area contributed by atoms with Gasteiger partial charge < -0.3 is 0 Å². The molecule has 0 saturated carbocycles. The maximum absolute atomic E-state index is 2.60. The third kappa shape index (κ3) is 8.93. The van der Waals surface area contributed by atoms with E-state index in [1.54, 1.807) is 0 Å². The van der Waals surface area contributed by atoms with Gasteiger partial charge in [-0.15, -0.1) is 0 Å². The van der Waals surface area contributed by atoms with Gasteiger partial charge in [-0.3, -0.25) is 4.90 Å². The maximum atomic E-state index is 2.60. The van der Waals surface area contributed by atoms with Crippen LogP contribution in [0.2, 0.25) is 0 Å². The first-order valence-corrected chi connectivity index (χ1v) is 9.02. The Morgan fingerprint density at radius 2 is 1.38 bits per heavy atom. The molecule has 120 valence electrons. The molecule has 0 aromatic heterocycles. The van der Waals surface area contributed by atoms with Crippen LogP contribution in [0.4, 0.5) is 0 Å². The molecule has 0 bridgehead atoms. The standard InChI is InChI=1S/C20H35N/c1-4-5-6-7-8-9-10-14-17-21(19(2)3)18-20-15-12-11-13-16-20/h11-13,15-16,19H,4-10,14,17-18H2,1-3H3. The minimum Gasteiger partial charge on any atom is -0.297 e. The summed E-state index contributed by atoms with van der Waals surface area (Å²) in [7, 11) is 0. The van der Waals surface area contributed by atoms with Crippen molar-refractivity contribution < 1.29 is 0 Å². The molecule has 0 heterocycles. The Morgan fingerprint density at radius 1 is 0.810 bits per heavy atom. The fourth-order valence-electron chi connectivity index (χ4n) is 2.79. The summed E-state index contributed by atoms with van der Waals surface area (Å²) < 4.78 is 0. The van der Waals surface area contributed by atoms with E-state index in [1.165, 1.54) is 63.5 Å². The summed E-state index contributed by atoms with van der Waals surface area (Å²) >= 11 is 0. The lowest BCUT2D eigenvalue weighted by atomic mass is 10.1. The molecule has 0 spiro atoms. The van der Waals surface area contributed by atoms with E-state index >= 15 is 0 Å². The lowest BCUT2D eigenvalue weighted by Gasteiger charge is -2.26. The van der Waals surface area contributed by atoms with E-state index in [4.69, 9.17) is 0 Å². The number of hydrogen-bond donors (Lipinski definition) is 0. The van der Waals surface area contributed by atoms with Gasteiger partial charge in [0.2, 0.25) is 0 Å². The number of hydrogen-bond acceptors (Lipinski definition) is 1. The second-order valence-corrected chi connectivity index (χ2v) is 6.52. The largest absolute Gasteiger partial charge is 0.297 e. The highest BCUT2D eigenvalue weighted by atomic mass is 15.1. The first kappa shape index (κ1) is 18.2. The predicted octanol–water partition coefficient (Wildman–Crippen LogP) is 6.04. The maximum Gasteiger partial charge on any atom is 0.0236 e. The van der Waals surface area contributed by atoms with E-state index in [2.05, 4.69) is 56.0 Å². The Labute approximate surface area is 132 Å². The van der Waals surface area contributed by atoms with Crippen LogP contribution in [-0.4, -0.2) is 17.5 Å². The van der Waals surface area contributed by atoms with Crippen LogP contribution in [-0.2, 0) is 6.54 Å². The van der Waals surface area contributed by atoms with Gasteiger partial charge >= 0.3 is 0 Å². The smallest absolute Gasteiger partial charge is 0.0236 e. The second-order valence-electron chi connectivity index (χ2n) is 6.52. The second kappa shape index (κ2) is 11.8. The van der Waals surface area contributed by atoms with E-state index < -0.39 is 0 Å². The molecule has 0 saturated heterocycles. The van der Waals surface area contributed by atoms with Crippen molar-refractivity contribution in [1.82, 2.24) is 4.90 Å². The van der Waals surface area contributed by atoms with Crippen LogP contribution in [0.5, 0.6) is 0 Å². The number of benzene rings is 1. The Hall–Kier alpha value is -0.820. The van der Waals surface area contributed by atoms with E-state index in [1.807, 2.05) is 0 Å². The molecular formula is C20H35N. The Balaban J connectivity index is 2.14. The van der Waals surface area contributed by atoms with Gasteiger partial charge in [0.05, 0.1) is 0 Å². The van der Waals surface area contributed by atoms with E-state index in [9.17, 15) is 0 Å². The van der Waals surface area contributed by atoms with Gasteiger partial charge in [0.1, 0.15) is 0 Å². The topological polar surface area (TPSA) is 3.24 Å². The molecule has 21 heavy (non-hydrogen) atoms. The highest BCUT2D eigenvalue weighted by molar-refractivity contribution is 5.14. The molecule has 0 aliphatic rings. The SMILES string of the molecule is CCCCCCCCCCN(Cc1ccccc1)C(C)C. The summed E-state index contributed by atoms with van der Waals surface area (Å²) in [6, 6.07) is 11.5. The minimum atomic E-state index is 0.634. The highest BCUT2D eigenvalue weighted by Gasteiger charge is 2.09. The average Bonchev–Trinajstić information content (AvgIpc) is 2.49. The molecular weight excluding hydrogens is 254 g/mol. The van der Waals surface area contributed by atoms with Crippen LogP contribution in [0.25, 0.3) is 0 Å². The summed E-state index contributed by atoms with van der Waals surface area (Å²) in [5.74, 6) is 0. The highest BCUT2D eigenvalue weighted by Crippen LogP contribution is 2.12. The van der Waals surface area contributed by atoms with Crippen molar-refractivity contribution in [3.05, 3.63) is 35.9 Å². The molecule has 1 heteroatoms. The number of nitrogens with zero attached hydrogens (tertiary/aromatic N) is 1.